The van der Waals surface area contributed by atoms with Gasteiger partial charge in [-0.05, 0) is 11.1 Å². The molecule has 2 unspecified atom stereocenters. The standard InChI is InChI=1S/C25H24NO.W/c1-17(19-10-6-4-7-11-19)21-14-15-23-22(16-21)24(18(2)25(27)26(23)3)20-12-8-5-9-13-20;/h4-16,18,24H,1-3H3;/q-1;. The molecule has 1 heterocycles. The van der Waals surface area contributed by atoms with Crippen LogP contribution >= 0.6 is 0 Å². The summed E-state index contributed by atoms with van der Waals surface area (Å²) < 4.78 is 0. The van der Waals surface area contributed by atoms with E-state index in [0.717, 1.165) is 5.69 Å². The van der Waals surface area contributed by atoms with Crippen LogP contribution in [0.2, 0.25) is 0 Å². The van der Waals surface area contributed by atoms with Crippen molar-refractivity contribution in [2.75, 3.05) is 11.9 Å². The largest absolute Gasteiger partial charge is 0.316 e. The minimum atomic E-state index is -0.0859. The fraction of sp³-hybridized carbons (Fsp3) is 0.200. The summed E-state index contributed by atoms with van der Waals surface area (Å²) >= 11 is 0. The number of fused-ring (bicyclic) bond motifs is 1. The van der Waals surface area contributed by atoms with Crippen LogP contribution in [0.25, 0.3) is 0 Å². The van der Waals surface area contributed by atoms with Gasteiger partial charge in [-0.1, -0.05) is 68.4 Å². The molecule has 0 saturated heterocycles. The van der Waals surface area contributed by atoms with Crippen molar-refractivity contribution < 1.29 is 25.9 Å². The molecule has 0 aromatic heterocycles. The minimum Gasteiger partial charge on any atom is -0.316 e. The van der Waals surface area contributed by atoms with Gasteiger partial charge >= 0.3 is 0 Å². The van der Waals surface area contributed by atoms with Crippen molar-refractivity contribution >= 4 is 11.6 Å². The summed E-state index contributed by atoms with van der Waals surface area (Å²) in [5.74, 6) is 1.41. The fourth-order valence-corrected chi connectivity index (χ4v) is 4.16. The molecule has 0 N–H and O–H groups in total. The van der Waals surface area contributed by atoms with E-state index >= 15 is 0 Å². The van der Waals surface area contributed by atoms with Gasteiger partial charge in [-0.15, -0.1) is 41.3 Å². The molecule has 0 bridgehead atoms. The van der Waals surface area contributed by atoms with Crippen LogP contribution in [0.15, 0.2) is 78.9 Å². The van der Waals surface area contributed by atoms with Crippen LogP contribution in [0.1, 0.15) is 42.0 Å². The minimum absolute atomic E-state index is 0. The van der Waals surface area contributed by atoms with E-state index in [-0.39, 0.29) is 38.8 Å². The number of hydrogen-bond acceptors (Lipinski definition) is 1. The Morgan fingerprint density at radius 1 is 0.857 bits per heavy atom. The number of carbonyl (C=O) groups is 1. The second kappa shape index (κ2) is 8.37. The maximum Gasteiger partial charge on any atom is 0.230 e. The molecule has 3 aromatic carbocycles. The van der Waals surface area contributed by atoms with E-state index in [0.29, 0.717) is 0 Å². The first-order chi connectivity index (χ1) is 13.1. The molecule has 2 nitrogen and oxygen atoms in total. The van der Waals surface area contributed by atoms with E-state index in [9.17, 15) is 4.79 Å². The summed E-state index contributed by atoms with van der Waals surface area (Å²) in [6, 6.07) is 27.3. The van der Waals surface area contributed by atoms with E-state index in [2.05, 4.69) is 73.7 Å². The van der Waals surface area contributed by atoms with Gasteiger partial charge in [0, 0.05) is 45.6 Å². The van der Waals surface area contributed by atoms with Crippen LogP contribution < -0.4 is 4.90 Å². The predicted octanol–water partition coefficient (Wildman–Crippen LogP) is 5.42. The molecule has 0 fully saturated rings. The van der Waals surface area contributed by atoms with Crippen LogP contribution in [0.3, 0.4) is 0 Å². The number of benzene rings is 3. The van der Waals surface area contributed by atoms with Crippen molar-refractivity contribution in [2.45, 2.75) is 19.8 Å². The monoisotopic (exact) mass is 538 g/mol. The van der Waals surface area contributed by atoms with Crippen molar-refractivity contribution in [3.05, 3.63) is 107 Å². The van der Waals surface area contributed by atoms with Gasteiger partial charge in [0.05, 0.1) is 0 Å². The normalized spacial score (nSPS) is 18.2. The second-order valence-corrected chi connectivity index (χ2v) is 7.34. The Bertz CT molecular complexity index is 955. The maximum absolute atomic E-state index is 12.8. The molecule has 28 heavy (non-hydrogen) atoms. The van der Waals surface area contributed by atoms with Crippen LogP contribution in [0.5, 0.6) is 0 Å². The molecule has 1 aliphatic rings. The van der Waals surface area contributed by atoms with Crippen molar-refractivity contribution in [2.24, 2.45) is 5.92 Å². The molecule has 0 radical (unpaired) electrons. The first kappa shape index (κ1) is 20.4. The molecule has 0 aliphatic carbocycles. The van der Waals surface area contributed by atoms with Crippen LogP contribution in [0.4, 0.5) is 5.69 Å². The summed E-state index contributed by atoms with van der Waals surface area (Å²) in [7, 11) is 1.88. The Morgan fingerprint density at radius 3 is 2.11 bits per heavy atom. The SMILES string of the molecule is C[C-](c1ccccc1)c1ccc2c(c1)C(c1ccccc1)C(C)C(=O)N2C.[W]. The fourth-order valence-electron chi connectivity index (χ4n) is 4.16. The molecule has 3 heteroatoms. The molecular formula is C25H24NOW-. The Kier molecular flexibility index (Phi) is 6.10. The van der Waals surface area contributed by atoms with Gasteiger partial charge in [0.1, 0.15) is 0 Å². The zero-order valence-corrected chi connectivity index (χ0v) is 19.4. The van der Waals surface area contributed by atoms with Gasteiger partial charge in [0.25, 0.3) is 0 Å². The molecule has 142 valence electrons. The number of hydrogen-bond donors (Lipinski definition) is 0. The van der Waals surface area contributed by atoms with Crippen molar-refractivity contribution in [1.29, 1.82) is 0 Å². The van der Waals surface area contributed by atoms with Gasteiger partial charge in [0.2, 0.25) is 5.91 Å². The molecular weight excluding hydrogens is 514 g/mol. The third-order valence-electron chi connectivity index (χ3n) is 5.74. The number of nitrogens with zero attached hydrogens (tertiary/aromatic N) is 1. The summed E-state index contributed by atoms with van der Waals surface area (Å²) in [6.45, 7) is 4.20. The molecule has 1 aliphatic heterocycles. The van der Waals surface area contributed by atoms with Crippen molar-refractivity contribution in [1.82, 2.24) is 0 Å². The molecule has 0 spiro atoms. The molecule has 1 amide bonds. The summed E-state index contributed by atoms with van der Waals surface area (Å²) in [5, 5.41) is 0. The van der Waals surface area contributed by atoms with Gasteiger partial charge < -0.3 is 4.90 Å². The van der Waals surface area contributed by atoms with Gasteiger partial charge in [0.15, 0.2) is 0 Å². The average molecular weight is 538 g/mol. The Hall–Kier alpha value is -2.31. The Labute approximate surface area is 181 Å². The first-order valence-corrected chi connectivity index (χ1v) is 9.43. The zero-order valence-electron chi connectivity index (χ0n) is 16.4. The third kappa shape index (κ3) is 3.54. The molecule has 4 rings (SSSR count). The molecule has 3 aromatic rings. The number of carbonyl (C=O) groups excluding carboxylic acids is 1. The molecule has 0 saturated carbocycles. The summed E-state index contributed by atoms with van der Waals surface area (Å²) in [6.07, 6.45) is 0. The van der Waals surface area contributed by atoms with Crippen molar-refractivity contribution in [3.8, 4) is 0 Å². The van der Waals surface area contributed by atoms with E-state index in [1.165, 1.54) is 28.2 Å². The number of anilines is 1. The topological polar surface area (TPSA) is 20.3 Å². The zero-order chi connectivity index (χ0) is 19.0. The predicted molar refractivity (Wildman–Crippen MR) is 111 cm³/mol. The quantitative estimate of drug-likeness (QED) is 0.408. The van der Waals surface area contributed by atoms with Gasteiger partial charge in [-0.25, -0.2) is 0 Å². The van der Waals surface area contributed by atoms with E-state index < -0.39 is 0 Å². The van der Waals surface area contributed by atoms with Gasteiger partial charge in [-0.3, -0.25) is 4.79 Å². The first-order valence-electron chi connectivity index (χ1n) is 9.43. The van der Waals surface area contributed by atoms with E-state index in [1.807, 2.05) is 26.1 Å². The number of amides is 1. The Morgan fingerprint density at radius 2 is 1.46 bits per heavy atom. The van der Waals surface area contributed by atoms with E-state index in [1.54, 1.807) is 4.90 Å². The van der Waals surface area contributed by atoms with Crippen LogP contribution in [0, 0.1) is 11.8 Å². The second-order valence-electron chi connectivity index (χ2n) is 7.34. The number of rotatable bonds is 3. The summed E-state index contributed by atoms with van der Waals surface area (Å²) in [4.78, 5) is 14.6. The van der Waals surface area contributed by atoms with Gasteiger partial charge in [-0.2, -0.15) is 0 Å². The summed E-state index contributed by atoms with van der Waals surface area (Å²) in [5.41, 5.74) is 5.86. The smallest absolute Gasteiger partial charge is 0.230 e. The van der Waals surface area contributed by atoms with Crippen LogP contribution in [-0.4, -0.2) is 13.0 Å². The van der Waals surface area contributed by atoms with E-state index in [4.69, 9.17) is 0 Å². The maximum atomic E-state index is 12.8. The Balaban J connectivity index is 0.00000225. The third-order valence-corrected chi connectivity index (χ3v) is 5.74. The average Bonchev–Trinajstić information content (AvgIpc) is 2.73. The van der Waals surface area contributed by atoms with Crippen LogP contribution in [-0.2, 0) is 25.9 Å². The molecule has 2 atom stereocenters. The van der Waals surface area contributed by atoms with Crippen molar-refractivity contribution in [3.63, 3.8) is 0 Å².